The van der Waals surface area contributed by atoms with Crippen LogP contribution in [0.2, 0.25) is 0 Å². The van der Waals surface area contributed by atoms with Crippen molar-refractivity contribution in [3.8, 4) is 0 Å². The number of hydrogen-bond donors (Lipinski definition) is 2. The predicted octanol–water partition coefficient (Wildman–Crippen LogP) is 2.22. The Morgan fingerprint density at radius 3 is 2.50 bits per heavy atom. The Bertz CT molecular complexity index is 612. The molecule has 0 saturated carbocycles. The van der Waals surface area contributed by atoms with Crippen molar-refractivity contribution in [3.63, 3.8) is 0 Å². The number of carbonyl (C=O) groups excluding carboxylic acids is 2. The van der Waals surface area contributed by atoms with E-state index in [0.717, 1.165) is 5.56 Å². The monoisotopic (exact) mass is 269 g/mol. The van der Waals surface area contributed by atoms with E-state index >= 15 is 0 Å². The van der Waals surface area contributed by atoms with Crippen LogP contribution in [0.5, 0.6) is 0 Å². The van der Waals surface area contributed by atoms with Crippen molar-refractivity contribution in [2.24, 2.45) is 0 Å². The van der Waals surface area contributed by atoms with Gasteiger partial charge in [0.25, 0.3) is 0 Å². The highest BCUT2D eigenvalue weighted by Crippen LogP contribution is 2.15. The van der Waals surface area contributed by atoms with E-state index in [4.69, 9.17) is 0 Å². The zero-order valence-electron chi connectivity index (χ0n) is 11.1. The van der Waals surface area contributed by atoms with E-state index < -0.39 is 0 Å². The van der Waals surface area contributed by atoms with Crippen LogP contribution in [-0.4, -0.2) is 16.8 Å². The van der Waals surface area contributed by atoms with Gasteiger partial charge in [-0.25, -0.2) is 0 Å². The molecular formula is C15H15N3O2. The lowest BCUT2D eigenvalue weighted by Gasteiger charge is -2.07. The van der Waals surface area contributed by atoms with Crippen LogP contribution in [0.3, 0.4) is 0 Å². The first-order chi connectivity index (χ1) is 9.63. The van der Waals surface area contributed by atoms with E-state index in [0.29, 0.717) is 11.4 Å². The summed E-state index contributed by atoms with van der Waals surface area (Å²) >= 11 is 0. The molecule has 102 valence electrons. The third kappa shape index (κ3) is 4.20. The van der Waals surface area contributed by atoms with Crippen LogP contribution in [0.15, 0.2) is 48.8 Å². The summed E-state index contributed by atoms with van der Waals surface area (Å²) in [4.78, 5) is 26.8. The predicted molar refractivity (Wildman–Crippen MR) is 77.3 cm³/mol. The number of carbonyl (C=O) groups is 2. The normalized spacial score (nSPS) is 9.85. The molecule has 0 unspecified atom stereocenters. The van der Waals surface area contributed by atoms with Crippen molar-refractivity contribution in [1.29, 1.82) is 0 Å². The maximum Gasteiger partial charge on any atom is 0.228 e. The van der Waals surface area contributed by atoms with Crippen LogP contribution >= 0.6 is 0 Å². The highest BCUT2D eigenvalue weighted by atomic mass is 16.2. The SMILES string of the molecule is CC(=O)Nc1cccc(NC(=O)Cc2cccnc2)c1. The number of pyridine rings is 1. The highest BCUT2D eigenvalue weighted by molar-refractivity contribution is 5.94. The molecule has 0 aliphatic carbocycles. The van der Waals surface area contributed by atoms with Crippen molar-refractivity contribution in [2.75, 3.05) is 10.6 Å². The van der Waals surface area contributed by atoms with Gasteiger partial charge in [0.2, 0.25) is 11.8 Å². The molecular weight excluding hydrogens is 254 g/mol. The maximum absolute atomic E-state index is 11.9. The van der Waals surface area contributed by atoms with Crippen LogP contribution < -0.4 is 10.6 Å². The average molecular weight is 269 g/mol. The molecule has 0 bridgehead atoms. The second kappa shape index (κ2) is 6.47. The third-order valence-corrected chi connectivity index (χ3v) is 2.55. The van der Waals surface area contributed by atoms with E-state index in [9.17, 15) is 9.59 Å². The lowest BCUT2D eigenvalue weighted by molar-refractivity contribution is -0.116. The van der Waals surface area contributed by atoms with Gasteiger partial charge in [-0.2, -0.15) is 0 Å². The fraction of sp³-hybridized carbons (Fsp3) is 0.133. The molecule has 5 heteroatoms. The number of nitrogens with one attached hydrogen (secondary N) is 2. The minimum atomic E-state index is -0.149. The molecule has 5 nitrogen and oxygen atoms in total. The molecule has 1 heterocycles. The van der Waals surface area contributed by atoms with Crippen molar-refractivity contribution in [3.05, 3.63) is 54.4 Å². The molecule has 1 aromatic heterocycles. The van der Waals surface area contributed by atoms with Crippen LogP contribution in [0.4, 0.5) is 11.4 Å². The Morgan fingerprint density at radius 1 is 1.10 bits per heavy atom. The lowest BCUT2D eigenvalue weighted by Crippen LogP contribution is -2.14. The molecule has 0 atom stereocenters. The largest absolute Gasteiger partial charge is 0.326 e. The third-order valence-electron chi connectivity index (χ3n) is 2.55. The van der Waals surface area contributed by atoms with Crippen LogP contribution in [0.1, 0.15) is 12.5 Å². The average Bonchev–Trinajstić information content (AvgIpc) is 2.39. The van der Waals surface area contributed by atoms with Crippen LogP contribution in [0.25, 0.3) is 0 Å². The summed E-state index contributed by atoms with van der Waals surface area (Å²) in [5.74, 6) is -0.276. The summed E-state index contributed by atoms with van der Waals surface area (Å²) in [5, 5.41) is 5.45. The van der Waals surface area contributed by atoms with Gasteiger partial charge in [0.05, 0.1) is 6.42 Å². The van der Waals surface area contributed by atoms with Crippen molar-refractivity contribution in [2.45, 2.75) is 13.3 Å². The number of amides is 2. The second-order valence-electron chi connectivity index (χ2n) is 4.35. The minimum Gasteiger partial charge on any atom is -0.326 e. The molecule has 2 amide bonds. The first-order valence-electron chi connectivity index (χ1n) is 6.20. The van der Waals surface area contributed by atoms with Gasteiger partial charge in [-0.1, -0.05) is 12.1 Å². The number of nitrogens with zero attached hydrogens (tertiary/aromatic N) is 1. The summed E-state index contributed by atoms with van der Waals surface area (Å²) in [6.45, 7) is 1.44. The zero-order chi connectivity index (χ0) is 14.4. The first-order valence-corrected chi connectivity index (χ1v) is 6.20. The van der Waals surface area contributed by atoms with Gasteiger partial charge < -0.3 is 10.6 Å². The van der Waals surface area contributed by atoms with Crippen molar-refractivity contribution < 1.29 is 9.59 Å². The smallest absolute Gasteiger partial charge is 0.228 e. The molecule has 0 aliphatic rings. The molecule has 0 saturated heterocycles. The highest BCUT2D eigenvalue weighted by Gasteiger charge is 2.05. The van der Waals surface area contributed by atoms with Gasteiger partial charge in [-0.3, -0.25) is 14.6 Å². The molecule has 20 heavy (non-hydrogen) atoms. The fourth-order valence-electron chi connectivity index (χ4n) is 1.77. The van der Waals surface area contributed by atoms with Gasteiger partial charge in [0.1, 0.15) is 0 Å². The van der Waals surface area contributed by atoms with E-state index in [2.05, 4.69) is 15.6 Å². The topological polar surface area (TPSA) is 71.1 Å². The fourth-order valence-corrected chi connectivity index (χ4v) is 1.77. The van der Waals surface area contributed by atoms with Crippen LogP contribution in [0, 0.1) is 0 Å². The molecule has 2 aromatic rings. The first kappa shape index (κ1) is 13.7. The van der Waals surface area contributed by atoms with Crippen LogP contribution in [-0.2, 0) is 16.0 Å². The molecule has 2 N–H and O–H groups in total. The summed E-state index contributed by atoms with van der Waals surface area (Å²) in [6.07, 6.45) is 3.59. The van der Waals surface area contributed by atoms with Crippen molar-refractivity contribution >= 4 is 23.2 Å². The molecule has 1 aromatic carbocycles. The number of hydrogen-bond acceptors (Lipinski definition) is 3. The maximum atomic E-state index is 11.9. The van der Waals surface area contributed by atoms with Gasteiger partial charge in [-0.05, 0) is 29.8 Å². The number of anilines is 2. The van der Waals surface area contributed by atoms with E-state index in [1.807, 2.05) is 6.07 Å². The van der Waals surface area contributed by atoms with E-state index in [1.165, 1.54) is 6.92 Å². The molecule has 0 radical (unpaired) electrons. The molecule has 0 aliphatic heterocycles. The number of rotatable bonds is 4. The van der Waals surface area contributed by atoms with Gasteiger partial charge in [0, 0.05) is 30.7 Å². The van der Waals surface area contributed by atoms with Gasteiger partial charge in [0.15, 0.2) is 0 Å². The Morgan fingerprint density at radius 2 is 1.85 bits per heavy atom. The van der Waals surface area contributed by atoms with Gasteiger partial charge in [-0.15, -0.1) is 0 Å². The summed E-state index contributed by atoms with van der Waals surface area (Å²) in [6, 6.07) is 10.7. The lowest BCUT2D eigenvalue weighted by atomic mass is 10.2. The Balaban J connectivity index is 1.99. The summed E-state index contributed by atoms with van der Waals surface area (Å²) in [7, 11) is 0. The van der Waals surface area contributed by atoms with Gasteiger partial charge >= 0.3 is 0 Å². The zero-order valence-corrected chi connectivity index (χ0v) is 11.1. The van der Waals surface area contributed by atoms with E-state index in [-0.39, 0.29) is 18.2 Å². The quantitative estimate of drug-likeness (QED) is 0.894. The Kier molecular flexibility index (Phi) is 4.44. The molecule has 0 spiro atoms. The molecule has 2 rings (SSSR count). The summed E-state index contributed by atoms with van der Waals surface area (Å²) < 4.78 is 0. The van der Waals surface area contributed by atoms with E-state index in [1.54, 1.807) is 42.7 Å². The molecule has 0 fully saturated rings. The second-order valence-corrected chi connectivity index (χ2v) is 4.35. The number of aromatic nitrogens is 1. The standard InChI is InChI=1S/C15H15N3O2/c1-11(19)17-13-5-2-6-14(9-13)18-15(20)8-12-4-3-7-16-10-12/h2-7,9-10H,8H2,1H3,(H,17,19)(H,18,20). The Hall–Kier alpha value is -2.69. The van der Waals surface area contributed by atoms with Crippen molar-refractivity contribution in [1.82, 2.24) is 4.98 Å². The minimum absolute atomic E-state index is 0.127. The number of benzene rings is 1. The Labute approximate surface area is 117 Å². The summed E-state index contributed by atoms with van der Waals surface area (Å²) in [5.41, 5.74) is 2.14.